The number of hydrogen-bond acceptors (Lipinski definition) is 5. The molecule has 1 aromatic heterocycles. The number of hydrogen-bond donors (Lipinski definition) is 3. The van der Waals surface area contributed by atoms with Gasteiger partial charge in [0.25, 0.3) is 5.91 Å². The van der Waals surface area contributed by atoms with E-state index >= 15 is 0 Å². The van der Waals surface area contributed by atoms with Crippen LogP contribution >= 0.6 is 0 Å². The van der Waals surface area contributed by atoms with Crippen LogP contribution in [0.1, 0.15) is 75.2 Å². The van der Waals surface area contributed by atoms with Crippen LogP contribution in [0.4, 0.5) is 4.79 Å². The van der Waals surface area contributed by atoms with Crippen molar-refractivity contribution in [3.63, 3.8) is 0 Å². The van der Waals surface area contributed by atoms with Crippen molar-refractivity contribution >= 4 is 22.9 Å². The van der Waals surface area contributed by atoms with Crippen molar-refractivity contribution in [2.45, 2.75) is 82.4 Å². The molecule has 34 heavy (non-hydrogen) atoms. The highest BCUT2D eigenvalue weighted by Crippen LogP contribution is 2.59. The van der Waals surface area contributed by atoms with Crippen LogP contribution in [0, 0.1) is 11.8 Å². The van der Waals surface area contributed by atoms with E-state index in [2.05, 4.69) is 17.6 Å². The monoisotopic (exact) mass is 468 g/mol. The molecule has 2 amide bonds. The normalized spacial score (nSPS) is 29.4. The highest BCUT2D eigenvalue weighted by atomic mass is 16.6. The van der Waals surface area contributed by atoms with Gasteiger partial charge >= 0.3 is 6.09 Å². The number of aryl methyl sites for hydroxylation is 1. The van der Waals surface area contributed by atoms with Crippen LogP contribution < -0.4 is 10.6 Å². The number of aliphatic hydroxyl groups is 1. The Morgan fingerprint density at radius 2 is 1.94 bits per heavy atom. The fourth-order valence-electron chi connectivity index (χ4n) is 7.11. The highest BCUT2D eigenvalue weighted by molar-refractivity contribution is 6.05. The zero-order valence-electron chi connectivity index (χ0n) is 20.0. The van der Waals surface area contributed by atoms with Gasteiger partial charge in [-0.2, -0.15) is 5.10 Å². The van der Waals surface area contributed by atoms with Crippen LogP contribution in [0.25, 0.3) is 10.9 Å². The lowest BCUT2D eigenvalue weighted by atomic mass is 9.51. The number of unbranched alkanes of at least 4 members (excludes halogenated alkanes) is 2. The largest absolute Gasteiger partial charge is 0.443 e. The van der Waals surface area contributed by atoms with E-state index < -0.39 is 11.7 Å². The standard InChI is InChI=1S/C26H36N4O4/c1-2-3-6-10-30-21-8-5-4-7-20(21)22(29-30)23(32)28-25-13-18-12-19(14-25)16-26(15-18,17-25)34-24(33)27-9-11-31/h4-5,7-8,18-19,31H,2-3,6,9-17H2,1H3,(H,27,33)(H,28,32). The molecular formula is C26H36N4O4. The molecule has 2 aromatic rings. The molecule has 1 heterocycles. The van der Waals surface area contributed by atoms with E-state index in [1.165, 1.54) is 0 Å². The number of rotatable bonds is 9. The summed E-state index contributed by atoms with van der Waals surface area (Å²) in [4.78, 5) is 26.0. The second-order valence-electron chi connectivity index (χ2n) is 10.7. The van der Waals surface area contributed by atoms with E-state index in [1.807, 2.05) is 28.9 Å². The quantitative estimate of drug-likeness (QED) is 0.486. The number of aliphatic hydroxyl groups excluding tert-OH is 1. The third-order valence-electron chi connectivity index (χ3n) is 7.92. The van der Waals surface area contributed by atoms with Gasteiger partial charge < -0.3 is 20.5 Å². The molecule has 6 rings (SSSR count). The molecule has 8 nitrogen and oxygen atoms in total. The number of nitrogens with zero attached hydrogens (tertiary/aromatic N) is 2. The van der Waals surface area contributed by atoms with Crippen LogP contribution in [0.3, 0.4) is 0 Å². The maximum absolute atomic E-state index is 13.6. The molecule has 0 radical (unpaired) electrons. The maximum Gasteiger partial charge on any atom is 0.407 e. The highest BCUT2D eigenvalue weighted by Gasteiger charge is 2.60. The zero-order chi connectivity index (χ0) is 23.8. The SMILES string of the molecule is CCCCCn1nc(C(=O)NC23CC4CC(C2)CC(OC(=O)NCCO)(C4)C3)c2ccccc21. The number of benzene rings is 1. The van der Waals surface area contributed by atoms with Gasteiger partial charge in [-0.1, -0.05) is 38.0 Å². The minimum Gasteiger partial charge on any atom is -0.443 e. The lowest BCUT2D eigenvalue weighted by Gasteiger charge is -2.61. The van der Waals surface area contributed by atoms with E-state index in [9.17, 15) is 9.59 Å². The summed E-state index contributed by atoms with van der Waals surface area (Å²) in [5.74, 6) is 0.748. The van der Waals surface area contributed by atoms with E-state index in [1.54, 1.807) is 0 Å². The summed E-state index contributed by atoms with van der Waals surface area (Å²) < 4.78 is 7.93. The average molecular weight is 469 g/mol. The van der Waals surface area contributed by atoms with Gasteiger partial charge in [0.05, 0.1) is 12.1 Å². The number of fused-ring (bicyclic) bond motifs is 1. The second kappa shape index (κ2) is 9.21. The van der Waals surface area contributed by atoms with Crippen LogP contribution in [0.2, 0.25) is 0 Å². The Balaban J connectivity index is 1.36. The summed E-state index contributed by atoms with van der Waals surface area (Å²) in [6.07, 6.45) is 8.15. The Kier molecular flexibility index (Phi) is 6.27. The van der Waals surface area contributed by atoms with Gasteiger partial charge in [-0.3, -0.25) is 9.48 Å². The molecule has 1 aromatic carbocycles. The Bertz CT molecular complexity index is 1050. The Hall–Kier alpha value is -2.61. The minimum absolute atomic E-state index is 0.119. The maximum atomic E-state index is 13.6. The summed E-state index contributed by atoms with van der Waals surface area (Å²) >= 11 is 0. The summed E-state index contributed by atoms with van der Waals surface area (Å²) in [7, 11) is 0. The molecule has 2 atom stereocenters. The van der Waals surface area contributed by atoms with Gasteiger partial charge in [0.2, 0.25) is 0 Å². The smallest absolute Gasteiger partial charge is 0.407 e. The molecule has 4 saturated carbocycles. The van der Waals surface area contributed by atoms with Crippen LogP contribution in [0.5, 0.6) is 0 Å². The number of ether oxygens (including phenoxy) is 1. The first-order valence-electron chi connectivity index (χ1n) is 12.8. The Morgan fingerprint density at radius 1 is 1.18 bits per heavy atom. The number of nitrogens with one attached hydrogen (secondary N) is 2. The minimum atomic E-state index is -0.543. The number of carbonyl (C=O) groups is 2. The van der Waals surface area contributed by atoms with E-state index in [0.717, 1.165) is 68.8 Å². The third kappa shape index (κ3) is 4.40. The number of alkyl carbamates (subject to hydrolysis) is 1. The topological polar surface area (TPSA) is 105 Å². The van der Waals surface area contributed by atoms with Crippen molar-refractivity contribution in [2.24, 2.45) is 11.8 Å². The Morgan fingerprint density at radius 3 is 2.68 bits per heavy atom. The molecule has 184 valence electrons. The summed E-state index contributed by atoms with van der Waals surface area (Å²) in [6, 6.07) is 7.95. The van der Waals surface area contributed by atoms with Gasteiger partial charge in [0.1, 0.15) is 5.60 Å². The number of aromatic nitrogens is 2. The van der Waals surface area contributed by atoms with Crippen LogP contribution in [0.15, 0.2) is 24.3 Å². The molecule has 2 unspecified atom stereocenters. The molecular weight excluding hydrogens is 432 g/mol. The number of para-hydroxylation sites is 1. The van der Waals surface area contributed by atoms with Gasteiger partial charge in [0, 0.05) is 30.4 Å². The molecule has 4 aliphatic carbocycles. The lowest BCUT2D eigenvalue weighted by molar-refractivity contribution is -0.141. The fourth-order valence-corrected chi connectivity index (χ4v) is 7.11. The van der Waals surface area contributed by atoms with Crippen molar-refractivity contribution < 1.29 is 19.4 Å². The van der Waals surface area contributed by atoms with Gasteiger partial charge in [-0.05, 0) is 56.4 Å². The first kappa shape index (κ1) is 23.1. The summed E-state index contributed by atoms with van der Waals surface area (Å²) in [6.45, 7) is 3.04. The van der Waals surface area contributed by atoms with E-state index in [0.29, 0.717) is 24.0 Å². The van der Waals surface area contributed by atoms with Gasteiger partial charge in [0.15, 0.2) is 5.69 Å². The predicted molar refractivity (Wildman–Crippen MR) is 128 cm³/mol. The fraction of sp³-hybridized carbons (Fsp3) is 0.654. The van der Waals surface area contributed by atoms with Gasteiger partial charge in [-0.15, -0.1) is 0 Å². The molecule has 8 heteroatoms. The predicted octanol–water partition coefficient (Wildman–Crippen LogP) is 3.77. The molecule has 3 N–H and O–H groups in total. The summed E-state index contributed by atoms with van der Waals surface area (Å²) in [5, 5.41) is 20.6. The van der Waals surface area contributed by atoms with Crippen molar-refractivity contribution in [2.75, 3.05) is 13.2 Å². The average Bonchev–Trinajstić information content (AvgIpc) is 3.15. The van der Waals surface area contributed by atoms with Gasteiger partial charge in [-0.25, -0.2) is 4.79 Å². The molecule has 0 saturated heterocycles. The second-order valence-corrected chi connectivity index (χ2v) is 10.7. The molecule has 4 aliphatic rings. The van der Waals surface area contributed by atoms with Crippen LogP contribution in [-0.2, 0) is 11.3 Å². The van der Waals surface area contributed by atoms with E-state index in [-0.39, 0.29) is 24.6 Å². The van der Waals surface area contributed by atoms with E-state index in [4.69, 9.17) is 14.9 Å². The number of amides is 2. The van der Waals surface area contributed by atoms with Crippen molar-refractivity contribution in [1.82, 2.24) is 20.4 Å². The molecule has 0 spiro atoms. The molecule has 4 fully saturated rings. The number of carbonyl (C=O) groups excluding carboxylic acids is 2. The van der Waals surface area contributed by atoms with Crippen LogP contribution in [-0.4, -0.2) is 51.2 Å². The first-order chi connectivity index (χ1) is 16.4. The first-order valence-corrected chi connectivity index (χ1v) is 12.8. The third-order valence-corrected chi connectivity index (χ3v) is 7.92. The summed E-state index contributed by atoms with van der Waals surface area (Å²) in [5.41, 5.74) is 0.567. The van der Waals surface area contributed by atoms with Crippen molar-refractivity contribution in [1.29, 1.82) is 0 Å². The van der Waals surface area contributed by atoms with Crippen molar-refractivity contribution in [3.8, 4) is 0 Å². The molecule has 4 bridgehead atoms. The zero-order valence-corrected chi connectivity index (χ0v) is 20.0. The Labute approximate surface area is 200 Å². The van der Waals surface area contributed by atoms with Crippen molar-refractivity contribution in [3.05, 3.63) is 30.0 Å². The molecule has 0 aliphatic heterocycles. The lowest BCUT2D eigenvalue weighted by Crippen LogP contribution is -2.66.